The van der Waals surface area contributed by atoms with Gasteiger partial charge in [0.15, 0.2) is 5.58 Å². The monoisotopic (exact) mass is 330 g/mol. The molecule has 0 fully saturated rings. The fraction of sp³-hybridized carbons (Fsp3) is 0.143. The zero-order valence-electron chi connectivity index (χ0n) is 14.0. The van der Waals surface area contributed by atoms with Crippen LogP contribution in [0.25, 0.3) is 33.3 Å². The van der Waals surface area contributed by atoms with Gasteiger partial charge in [-0.3, -0.25) is 4.79 Å². The smallest absolute Gasteiger partial charge is 0.229 e. The summed E-state index contributed by atoms with van der Waals surface area (Å²) >= 11 is 0. The van der Waals surface area contributed by atoms with E-state index in [1.165, 1.54) is 0 Å². The van der Waals surface area contributed by atoms with Gasteiger partial charge < -0.3 is 9.73 Å². The molecule has 1 aromatic heterocycles. The zero-order valence-corrected chi connectivity index (χ0v) is 14.0. The van der Waals surface area contributed by atoms with Crippen LogP contribution in [0.3, 0.4) is 0 Å². The maximum absolute atomic E-state index is 12.0. The maximum Gasteiger partial charge on any atom is 0.229 e. The highest BCUT2D eigenvalue weighted by Gasteiger charge is 2.15. The molecule has 1 amide bonds. The summed E-state index contributed by atoms with van der Waals surface area (Å²) in [6.45, 7) is 1.98. The number of aromatic nitrogens is 1. The molecular formula is C21H18N2O2. The molecule has 4 nitrogen and oxygen atoms in total. The number of carbonyl (C=O) groups is 1. The van der Waals surface area contributed by atoms with E-state index < -0.39 is 0 Å². The Bertz CT molecular complexity index is 1070. The Morgan fingerprint density at radius 2 is 1.84 bits per heavy atom. The molecule has 4 aromatic rings. The minimum Gasteiger partial charge on any atom is -0.436 e. The van der Waals surface area contributed by atoms with Crippen molar-refractivity contribution < 1.29 is 9.21 Å². The molecular weight excluding hydrogens is 312 g/mol. The molecule has 0 aliphatic heterocycles. The number of amides is 1. The van der Waals surface area contributed by atoms with E-state index in [4.69, 9.17) is 9.40 Å². The first-order chi connectivity index (χ1) is 12.3. The second kappa shape index (κ2) is 6.40. The van der Waals surface area contributed by atoms with Crippen LogP contribution in [0.4, 0.5) is 5.69 Å². The Kier molecular flexibility index (Phi) is 3.94. The van der Waals surface area contributed by atoms with Crippen LogP contribution in [-0.4, -0.2) is 10.9 Å². The number of nitrogens with zero attached hydrogens (tertiary/aromatic N) is 1. The quantitative estimate of drug-likeness (QED) is 0.546. The van der Waals surface area contributed by atoms with Crippen LogP contribution in [0.1, 0.15) is 19.8 Å². The third kappa shape index (κ3) is 2.87. The van der Waals surface area contributed by atoms with Gasteiger partial charge in [0, 0.05) is 11.8 Å². The molecule has 4 heteroatoms. The highest BCUT2D eigenvalue weighted by atomic mass is 16.3. The third-order valence-electron chi connectivity index (χ3n) is 4.19. The van der Waals surface area contributed by atoms with Crippen molar-refractivity contribution in [2.45, 2.75) is 19.8 Å². The fourth-order valence-electron chi connectivity index (χ4n) is 2.99. The molecule has 0 radical (unpaired) electrons. The number of hydrogen-bond donors (Lipinski definition) is 1. The standard InChI is InChI=1S/C21H18N2O2/c1-2-7-19(24)22-17-11-6-5-10-16(17)21-23-20-15-9-4-3-8-14(15)12-13-18(20)25-21/h3-6,8-13H,2,7H2,1H3,(H,22,24). The van der Waals surface area contributed by atoms with Gasteiger partial charge >= 0.3 is 0 Å². The van der Waals surface area contributed by atoms with Crippen LogP contribution in [0.5, 0.6) is 0 Å². The molecule has 0 aliphatic carbocycles. The van der Waals surface area contributed by atoms with Gasteiger partial charge in [-0.1, -0.05) is 49.4 Å². The average Bonchev–Trinajstić information content (AvgIpc) is 3.07. The van der Waals surface area contributed by atoms with Crippen molar-refractivity contribution in [3.05, 3.63) is 60.7 Å². The Morgan fingerprint density at radius 3 is 2.72 bits per heavy atom. The van der Waals surface area contributed by atoms with E-state index >= 15 is 0 Å². The summed E-state index contributed by atoms with van der Waals surface area (Å²) in [6.07, 6.45) is 1.30. The Hall–Kier alpha value is -3.14. The number of para-hydroxylation sites is 1. The fourth-order valence-corrected chi connectivity index (χ4v) is 2.99. The number of carbonyl (C=O) groups excluding carboxylic acids is 1. The van der Waals surface area contributed by atoms with E-state index in [2.05, 4.69) is 11.4 Å². The lowest BCUT2D eigenvalue weighted by Gasteiger charge is -2.08. The van der Waals surface area contributed by atoms with Gasteiger partial charge in [-0.25, -0.2) is 4.98 Å². The number of benzene rings is 3. The predicted octanol–water partition coefficient (Wildman–Crippen LogP) is 5.39. The zero-order chi connectivity index (χ0) is 17.2. The van der Waals surface area contributed by atoms with Crippen molar-refractivity contribution >= 4 is 33.5 Å². The van der Waals surface area contributed by atoms with Gasteiger partial charge in [0.05, 0.1) is 11.3 Å². The number of hydrogen-bond acceptors (Lipinski definition) is 3. The van der Waals surface area contributed by atoms with Crippen LogP contribution in [-0.2, 0) is 4.79 Å². The number of oxazole rings is 1. The normalized spacial score (nSPS) is 11.1. The lowest BCUT2D eigenvalue weighted by molar-refractivity contribution is -0.116. The first-order valence-corrected chi connectivity index (χ1v) is 8.44. The van der Waals surface area contributed by atoms with Crippen LogP contribution in [0, 0.1) is 0 Å². The van der Waals surface area contributed by atoms with E-state index in [0.29, 0.717) is 12.3 Å². The minimum atomic E-state index is -0.00323. The highest BCUT2D eigenvalue weighted by molar-refractivity contribution is 6.04. The second-order valence-corrected chi connectivity index (χ2v) is 6.00. The van der Waals surface area contributed by atoms with Crippen molar-refractivity contribution in [2.75, 3.05) is 5.32 Å². The molecule has 0 atom stereocenters. The summed E-state index contributed by atoms with van der Waals surface area (Å²) in [5.74, 6) is 0.510. The first-order valence-electron chi connectivity index (χ1n) is 8.44. The molecule has 124 valence electrons. The summed E-state index contributed by atoms with van der Waals surface area (Å²) in [5, 5.41) is 5.13. The van der Waals surface area contributed by atoms with Crippen LogP contribution in [0.2, 0.25) is 0 Å². The molecule has 1 heterocycles. The molecule has 0 saturated carbocycles. The average molecular weight is 330 g/mol. The molecule has 0 spiro atoms. The van der Waals surface area contributed by atoms with E-state index in [1.54, 1.807) is 0 Å². The summed E-state index contributed by atoms with van der Waals surface area (Å²) in [7, 11) is 0. The molecule has 1 N–H and O–H groups in total. The van der Waals surface area contributed by atoms with Crippen molar-refractivity contribution in [2.24, 2.45) is 0 Å². The largest absolute Gasteiger partial charge is 0.436 e. The van der Waals surface area contributed by atoms with Crippen molar-refractivity contribution in [1.29, 1.82) is 0 Å². The topological polar surface area (TPSA) is 55.1 Å². The van der Waals surface area contributed by atoms with Crippen molar-refractivity contribution in [3.8, 4) is 11.5 Å². The molecule has 0 bridgehead atoms. The first kappa shape index (κ1) is 15.4. The predicted molar refractivity (Wildman–Crippen MR) is 100 cm³/mol. The van der Waals surface area contributed by atoms with Gasteiger partial charge in [-0.05, 0) is 30.0 Å². The van der Waals surface area contributed by atoms with E-state index in [9.17, 15) is 4.79 Å². The number of rotatable bonds is 4. The van der Waals surface area contributed by atoms with Gasteiger partial charge in [-0.2, -0.15) is 0 Å². The van der Waals surface area contributed by atoms with E-state index in [1.807, 2.05) is 61.5 Å². The summed E-state index contributed by atoms with van der Waals surface area (Å²) in [6, 6.07) is 19.7. The second-order valence-electron chi connectivity index (χ2n) is 6.00. The van der Waals surface area contributed by atoms with Crippen LogP contribution >= 0.6 is 0 Å². The lowest BCUT2D eigenvalue weighted by atomic mass is 10.1. The van der Waals surface area contributed by atoms with Crippen molar-refractivity contribution in [1.82, 2.24) is 4.98 Å². The number of anilines is 1. The van der Waals surface area contributed by atoms with Crippen molar-refractivity contribution in [3.63, 3.8) is 0 Å². The highest BCUT2D eigenvalue weighted by Crippen LogP contribution is 2.33. The van der Waals surface area contributed by atoms with Crippen LogP contribution < -0.4 is 5.32 Å². The van der Waals surface area contributed by atoms with Gasteiger partial charge in [-0.15, -0.1) is 0 Å². The van der Waals surface area contributed by atoms with E-state index in [0.717, 1.165) is 39.5 Å². The van der Waals surface area contributed by atoms with E-state index in [-0.39, 0.29) is 5.91 Å². The Balaban J connectivity index is 1.82. The summed E-state index contributed by atoms with van der Waals surface area (Å²) < 4.78 is 5.98. The minimum absolute atomic E-state index is 0.00323. The van der Waals surface area contributed by atoms with Gasteiger partial charge in [0.1, 0.15) is 5.52 Å². The molecule has 0 unspecified atom stereocenters. The molecule has 4 rings (SSSR count). The Morgan fingerprint density at radius 1 is 1.04 bits per heavy atom. The lowest BCUT2D eigenvalue weighted by Crippen LogP contribution is -2.11. The SMILES string of the molecule is CCCC(=O)Nc1ccccc1-c1nc2c(ccc3ccccc32)o1. The number of nitrogens with one attached hydrogen (secondary N) is 1. The maximum atomic E-state index is 12.0. The molecule has 0 saturated heterocycles. The number of fused-ring (bicyclic) bond motifs is 3. The summed E-state index contributed by atoms with van der Waals surface area (Å²) in [5.41, 5.74) is 3.08. The Labute approximate surface area is 145 Å². The molecule has 25 heavy (non-hydrogen) atoms. The molecule has 3 aromatic carbocycles. The summed E-state index contributed by atoms with van der Waals surface area (Å²) in [4.78, 5) is 16.7. The third-order valence-corrected chi connectivity index (χ3v) is 4.19. The van der Waals surface area contributed by atoms with Crippen LogP contribution in [0.15, 0.2) is 65.1 Å². The van der Waals surface area contributed by atoms with Gasteiger partial charge in [0.2, 0.25) is 11.8 Å². The molecule has 0 aliphatic rings. The van der Waals surface area contributed by atoms with Gasteiger partial charge in [0.25, 0.3) is 0 Å².